The zero-order chi connectivity index (χ0) is 26.6. The van der Waals surface area contributed by atoms with Crippen molar-refractivity contribution >= 4 is 42.3 Å². The molecule has 0 amide bonds. The second-order valence-electron chi connectivity index (χ2n) is 11.8. The van der Waals surface area contributed by atoms with Crippen LogP contribution < -0.4 is 19.3 Å². The van der Waals surface area contributed by atoms with E-state index in [-0.39, 0.29) is 10.1 Å². The lowest BCUT2D eigenvalue weighted by Crippen LogP contribution is -2.62. The van der Waals surface area contributed by atoms with Gasteiger partial charge in [-0.05, 0) is 51.9 Å². The maximum atomic E-state index is 7.23. The Kier molecular flexibility index (Phi) is 5.97. The molecule has 5 rings (SSSR count). The molecule has 0 aromatic heterocycles. The third kappa shape index (κ3) is 4.03. The molecule has 1 heterocycles. The van der Waals surface area contributed by atoms with Crippen molar-refractivity contribution in [2.24, 2.45) is 0 Å². The van der Waals surface area contributed by atoms with E-state index in [0.29, 0.717) is 0 Å². The van der Waals surface area contributed by atoms with E-state index in [1.807, 2.05) is 6.07 Å². The fourth-order valence-electron chi connectivity index (χ4n) is 5.76. The lowest BCUT2D eigenvalue weighted by molar-refractivity contribution is 0.188. The smallest absolute Gasteiger partial charge is 0.471 e. The zero-order valence-corrected chi connectivity index (χ0v) is 24.0. The van der Waals surface area contributed by atoms with Crippen molar-refractivity contribution in [2.45, 2.75) is 51.6 Å². The highest BCUT2D eigenvalue weighted by molar-refractivity contribution is 6.74. The van der Waals surface area contributed by atoms with Crippen LogP contribution in [0, 0.1) is 10.4 Å². The van der Waals surface area contributed by atoms with E-state index in [1.54, 1.807) is 20.5 Å². The van der Waals surface area contributed by atoms with Crippen LogP contribution in [0.25, 0.3) is 27.8 Å². The standard InChI is InChI=1S/C32H35O4Si/c1-31(2,3)37(32(4,5)6)35-27-15-13-23-11-9-21(19-33-7)17-25(23)29(27)30-26-18-22(20-34-8)10-12-24(26)14-16-28(30)36-37/h9-19H,1-8H3/q+1. The summed E-state index contributed by atoms with van der Waals surface area (Å²) in [6, 6.07) is 21.1. The monoisotopic (exact) mass is 511 g/mol. The first-order chi connectivity index (χ1) is 17.5. The third-order valence-corrected chi connectivity index (χ3v) is 12.2. The Hall–Kier alpha value is -3.53. The maximum absolute atomic E-state index is 7.23. The lowest BCUT2D eigenvalue weighted by Gasteiger charge is -2.47. The molecule has 0 fully saturated rings. The second-order valence-corrected chi connectivity index (χ2v) is 16.4. The van der Waals surface area contributed by atoms with E-state index in [0.717, 1.165) is 53.9 Å². The van der Waals surface area contributed by atoms with Gasteiger partial charge in [0.05, 0.1) is 13.4 Å². The molecular weight excluding hydrogens is 476 g/mol. The fraction of sp³-hybridized carbons (Fsp3) is 0.312. The van der Waals surface area contributed by atoms with Crippen molar-refractivity contribution in [1.82, 2.24) is 0 Å². The molecule has 4 nitrogen and oxygen atoms in total. The highest BCUT2D eigenvalue weighted by atomic mass is 28.4. The third-order valence-electron chi connectivity index (χ3n) is 7.20. The molecule has 1 aliphatic rings. The van der Waals surface area contributed by atoms with Crippen LogP contribution in [0.15, 0.2) is 60.7 Å². The molecule has 0 saturated carbocycles. The number of benzene rings is 4. The highest BCUT2D eigenvalue weighted by Crippen LogP contribution is 2.54. The van der Waals surface area contributed by atoms with E-state index in [9.17, 15) is 0 Å². The van der Waals surface area contributed by atoms with Gasteiger partial charge >= 0.3 is 14.5 Å². The molecule has 0 spiro atoms. The molecule has 0 radical (unpaired) electrons. The topological polar surface area (TPSA) is 39.0 Å². The second kappa shape index (κ2) is 8.79. The number of carbonyl (C=O) groups excluding carboxylic acids is 1. The molecule has 4 aromatic carbocycles. The molecule has 4 aromatic rings. The van der Waals surface area contributed by atoms with Gasteiger partial charge in [0.2, 0.25) is 0 Å². The number of methoxy groups -OCH3 is 1. The summed E-state index contributed by atoms with van der Waals surface area (Å²) in [5.41, 5.74) is 0. The van der Waals surface area contributed by atoms with Crippen molar-refractivity contribution in [2.75, 3.05) is 14.2 Å². The minimum absolute atomic E-state index is 0.209. The van der Waals surface area contributed by atoms with Crippen LogP contribution in [-0.2, 0) is 9.16 Å². The minimum Gasteiger partial charge on any atom is -0.511 e. The molecule has 37 heavy (non-hydrogen) atoms. The summed E-state index contributed by atoms with van der Waals surface area (Å²) in [7, 11) is 0.350. The van der Waals surface area contributed by atoms with Crippen molar-refractivity contribution in [3.05, 3.63) is 81.5 Å². The van der Waals surface area contributed by atoms with E-state index >= 15 is 0 Å². The number of ether oxygens (including phenoxy) is 1. The quantitative estimate of drug-likeness (QED) is 0.227. The van der Waals surface area contributed by atoms with Gasteiger partial charge < -0.3 is 13.6 Å². The van der Waals surface area contributed by atoms with Crippen molar-refractivity contribution in [3.8, 4) is 11.5 Å². The van der Waals surface area contributed by atoms with Crippen molar-refractivity contribution in [1.29, 1.82) is 0 Å². The first kappa shape index (κ1) is 25.1. The van der Waals surface area contributed by atoms with Crippen LogP contribution in [0.4, 0.5) is 0 Å². The van der Waals surface area contributed by atoms with E-state index in [4.69, 9.17) is 18.0 Å². The van der Waals surface area contributed by atoms with Gasteiger partial charge in [-0.15, -0.1) is 0 Å². The van der Waals surface area contributed by atoms with Gasteiger partial charge in [0.25, 0.3) is 7.11 Å². The molecular formula is C32H35O4Si+. The molecule has 0 saturated heterocycles. The highest BCUT2D eigenvalue weighted by Gasteiger charge is 2.63. The molecule has 0 N–H and O–H groups in total. The minimum atomic E-state index is -2.94. The summed E-state index contributed by atoms with van der Waals surface area (Å²) >= 11 is 0. The molecule has 190 valence electrons. The molecule has 0 bridgehead atoms. The molecule has 0 aliphatic carbocycles. The van der Waals surface area contributed by atoms with Gasteiger partial charge in [-0.25, -0.2) is 4.42 Å². The largest absolute Gasteiger partial charge is 0.511 e. The molecule has 5 heteroatoms. The summed E-state index contributed by atoms with van der Waals surface area (Å²) in [6.45, 7) is 13.4. The molecule has 0 atom stereocenters. The van der Waals surface area contributed by atoms with Gasteiger partial charge in [-0.3, -0.25) is 0 Å². The lowest BCUT2D eigenvalue weighted by atomic mass is 10.0. The predicted octanol–water partition coefficient (Wildman–Crippen LogP) is 6.15. The number of hydrogen-bond donors (Lipinski definition) is 0. The Morgan fingerprint density at radius 2 is 1.27 bits per heavy atom. The average molecular weight is 512 g/mol. The number of hydrogen-bond acceptors (Lipinski definition) is 3. The van der Waals surface area contributed by atoms with Crippen molar-refractivity contribution < 1.29 is 18.0 Å². The van der Waals surface area contributed by atoms with Gasteiger partial charge in [0.1, 0.15) is 16.7 Å². The van der Waals surface area contributed by atoms with Crippen LogP contribution >= 0.6 is 0 Å². The fourth-order valence-corrected chi connectivity index (χ4v) is 10.2. The van der Waals surface area contributed by atoms with Crippen molar-refractivity contribution in [3.63, 3.8) is 0 Å². The summed E-state index contributed by atoms with van der Waals surface area (Å²) in [6.07, 6.45) is 1.76. The summed E-state index contributed by atoms with van der Waals surface area (Å²) in [5, 5.41) is 7.95. The Bertz CT molecular complexity index is 1770. The van der Waals surface area contributed by atoms with Crippen LogP contribution in [0.1, 0.15) is 41.5 Å². The molecule has 1 aliphatic heterocycles. The first-order valence-corrected chi connectivity index (χ1v) is 14.5. The zero-order valence-electron chi connectivity index (χ0n) is 23.0. The Morgan fingerprint density at radius 1 is 0.757 bits per heavy atom. The summed E-state index contributed by atoms with van der Waals surface area (Å²) < 4.78 is 25.0. The Labute approximate surface area is 219 Å². The SMILES string of the molecule is COC=c1ccc2ccc3c(c2c1)=c1c(ccc2ccc(=C=[O+]C)cc12)O[Si](C(C)(C)C)(C(C)(C)C)O3. The molecule has 0 unspecified atom stereocenters. The normalized spacial score (nSPS) is 15.2. The van der Waals surface area contributed by atoms with Crippen LogP contribution in [0.3, 0.4) is 0 Å². The van der Waals surface area contributed by atoms with E-state index in [1.165, 1.54) is 0 Å². The van der Waals surface area contributed by atoms with Gasteiger partial charge in [0.15, 0.2) is 0 Å². The summed E-state index contributed by atoms with van der Waals surface area (Å²) in [4.78, 5) is 0. The summed E-state index contributed by atoms with van der Waals surface area (Å²) in [5.74, 6) is 4.70. The van der Waals surface area contributed by atoms with Crippen LogP contribution in [0.2, 0.25) is 10.1 Å². The van der Waals surface area contributed by atoms with Crippen LogP contribution in [-0.4, -0.2) is 28.7 Å². The number of rotatable bonds is 1. The van der Waals surface area contributed by atoms with E-state index < -0.39 is 8.56 Å². The van der Waals surface area contributed by atoms with Gasteiger partial charge in [0, 0.05) is 25.7 Å². The Balaban J connectivity index is 2.12. The Morgan fingerprint density at radius 3 is 1.78 bits per heavy atom. The van der Waals surface area contributed by atoms with Gasteiger partial charge in [-0.1, -0.05) is 71.9 Å². The average Bonchev–Trinajstić information content (AvgIpc) is 2.99. The number of fused-ring (bicyclic) bond motifs is 6. The maximum Gasteiger partial charge on any atom is 0.471 e. The van der Waals surface area contributed by atoms with E-state index in [2.05, 4.69) is 102 Å². The van der Waals surface area contributed by atoms with Crippen LogP contribution in [0.5, 0.6) is 11.5 Å². The first-order valence-electron chi connectivity index (χ1n) is 12.7. The predicted molar refractivity (Wildman–Crippen MR) is 153 cm³/mol. The van der Waals surface area contributed by atoms with Gasteiger partial charge in [-0.2, -0.15) is 0 Å².